The third-order valence-corrected chi connectivity index (χ3v) is 4.06. The summed E-state index contributed by atoms with van der Waals surface area (Å²) in [5, 5.41) is 6.46. The molecule has 0 aliphatic rings. The van der Waals surface area contributed by atoms with E-state index in [0.29, 0.717) is 24.2 Å². The Kier molecular flexibility index (Phi) is 5.29. The minimum atomic E-state index is -4.56. The lowest BCUT2D eigenvalue weighted by atomic mass is 10.0. The van der Waals surface area contributed by atoms with Crippen LogP contribution in [0.2, 0.25) is 0 Å². The Labute approximate surface area is 152 Å². The number of nitrogen functional groups attached to an aromatic ring is 1. The van der Waals surface area contributed by atoms with E-state index in [2.05, 4.69) is 15.4 Å². The fourth-order valence-electron chi connectivity index (χ4n) is 2.67. The van der Waals surface area contributed by atoms with E-state index >= 15 is 0 Å². The molecule has 9 heteroatoms. The molecule has 3 aromatic rings. The third-order valence-electron chi connectivity index (χ3n) is 4.06. The predicted molar refractivity (Wildman–Crippen MR) is 93.4 cm³/mol. The van der Waals surface area contributed by atoms with Crippen LogP contribution in [0.1, 0.15) is 17.2 Å². The lowest BCUT2D eigenvalue weighted by molar-refractivity contribution is -0.144. The summed E-state index contributed by atoms with van der Waals surface area (Å²) in [5.41, 5.74) is 7.29. The Hall–Kier alpha value is -3.10. The third kappa shape index (κ3) is 4.75. The number of nitrogens with one attached hydrogen (secondary N) is 1. The number of benzene rings is 2. The highest BCUT2D eigenvalue weighted by molar-refractivity contribution is 5.58. The van der Waals surface area contributed by atoms with Crippen molar-refractivity contribution in [1.29, 1.82) is 0 Å². The molecule has 3 N–H and O–H groups in total. The molecule has 0 amide bonds. The molecule has 1 aromatic heterocycles. The molecule has 1 atom stereocenters. The van der Waals surface area contributed by atoms with E-state index in [1.54, 1.807) is 23.1 Å². The number of nitrogens with zero attached hydrogens (tertiary/aromatic N) is 3. The summed E-state index contributed by atoms with van der Waals surface area (Å²) in [7, 11) is 0. The molecule has 142 valence electrons. The van der Waals surface area contributed by atoms with E-state index in [9.17, 15) is 17.6 Å². The Morgan fingerprint density at radius 3 is 2.48 bits per heavy atom. The molecule has 0 aliphatic heterocycles. The average molecular weight is 379 g/mol. The van der Waals surface area contributed by atoms with Crippen molar-refractivity contribution in [2.24, 2.45) is 0 Å². The number of hydrogen-bond acceptors (Lipinski definition) is 4. The Balaban J connectivity index is 1.81. The number of hydrogen-bond donors (Lipinski definition) is 2. The average Bonchev–Trinajstić information content (AvgIpc) is 3.13. The van der Waals surface area contributed by atoms with Crippen molar-refractivity contribution in [2.45, 2.75) is 25.2 Å². The van der Waals surface area contributed by atoms with Gasteiger partial charge in [0.25, 0.3) is 0 Å². The highest BCUT2D eigenvalue weighted by atomic mass is 19.4. The molecule has 27 heavy (non-hydrogen) atoms. The standard InChI is InChI=1S/C18H17F4N5/c19-14-3-1-12(2-4-14)17(18(20,21)22)26-15-5-6-16(23)13(9-15)7-8-27-11-24-10-25-27/h1-6,9-11,17,26H,7-8,23H2. The number of nitrogens with two attached hydrogens (primary N) is 1. The normalized spacial score (nSPS) is 12.7. The second-order valence-corrected chi connectivity index (χ2v) is 5.99. The molecule has 1 heterocycles. The largest absolute Gasteiger partial charge is 0.412 e. The lowest BCUT2D eigenvalue weighted by Crippen LogP contribution is -2.28. The summed E-state index contributed by atoms with van der Waals surface area (Å²) in [6.07, 6.45) is -1.12. The zero-order valence-electron chi connectivity index (χ0n) is 14.1. The lowest BCUT2D eigenvalue weighted by Gasteiger charge is -2.23. The van der Waals surface area contributed by atoms with Crippen LogP contribution < -0.4 is 11.1 Å². The number of rotatable bonds is 6. The number of aryl methyl sites for hydroxylation is 2. The van der Waals surface area contributed by atoms with E-state index in [1.807, 2.05) is 0 Å². The van der Waals surface area contributed by atoms with Gasteiger partial charge in [-0.2, -0.15) is 18.3 Å². The van der Waals surface area contributed by atoms with Crippen LogP contribution >= 0.6 is 0 Å². The fourth-order valence-corrected chi connectivity index (χ4v) is 2.67. The second kappa shape index (κ2) is 7.65. The fraction of sp³-hybridized carbons (Fsp3) is 0.222. The first-order valence-electron chi connectivity index (χ1n) is 8.12. The van der Waals surface area contributed by atoms with Gasteiger partial charge in [-0.25, -0.2) is 9.37 Å². The van der Waals surface area contributed by atoms with Crippen molar-refractivity contribution in [3.05, 3.63) is 72.1 Å². The maximum Gasteiger partial charge on any atom is 0.412 e. The first-order chi connectivity index (χ1) is 12.8. The van der Waals surface area contributed by atoms with Crippen LogP contribution in [-0.4, -0.2) is 20.9 Å². The summed E-state index contributed by atoms with van der Waals surface area (Å²) in [6.45, 7) is 0.494. The smallest absolute Gasteiger partial charge is 0.399 e. The maximum absolute atomic E-state index is 13.5. The molecule has 1 unspecified atom stereocenters. The van der Waals surface area contributed by atoms with Gasteiger partial charge in [0.1, 0.15) is 24.5 Å². The second-order valence-electron chi connectivity index (χ2n) is 5.99. The van der Waals surface area contributed by atoms with E-state index < -0.39 is 18.0 Å². The van der Waals surface area contributed by atoms with Gasteiger partial charge in [0.15, 0.2) is 0 Å². The molecule has 5 nitrogen and oxygen atoms in total. The number of halogens is 4. The molecule has 0 fully saturated rings. The monoisotopic (exact) mass is 379 g/mol. The quantitative estimate of drug-likeness (QED) is 0.503. The molecule has 0 saturated carbocycles. The summed E-state index contributed by atoms with van der Waals surface area (Å²) < 4.78 is 55.2. The number of alkyl halides is 3. The van der Waals surface area contributed by atoms with Crippen LogP contribution in [0.15, 0.2) is 55.1 Å². The van der Waals surface area contributed by atoms with Gasteiger partial charge >= 0.3 is 6.18 Å². The molecule has 0 saturated heterocycles. The summed E-state index contributed by atoms with van der Waals surface area (Å²) in [6, 6.07) is 6.88. The topological polar surface area (TPSA) is 68.8 Å². The van der Waals surface area contributed by atoms with Gasteiger partial charge < -0.3 is 11.1 Å². The van der Waals surface area contributed by atoms with Crippen molar-refractivity contribution in [1.82, 2.24) is 14.8 Å². The van der Waals surface area contributed by atoms with E-state index in [0.717, 1.165) is 24.3 Å². The molecule has 0 bridgehead atoms. The molecular formula is C18H17F4N5. The zero-order valence-corrected chi connectivity index (χ0v) is 14.1. The van der Waals surface area contributed by atoms with E-state index in [1.165, 1.54) is 12.4 Å². The van der Waals surface area contributed by atoms with Crippen molar-refractivity contribution in [2.75, 3.05) is 11.1 Å². The van der Waals surface area contributed by atoms with Gasteiger partial charge in [0.05, 0.1) is 0 Å². The van der Waals surface area contributed by atoms with Crippen LogP contribution in [0, 0.1) is 5.82 Å². The number of anilines is 2. The zero-order chi connectivity index (χ0) is 19.4. The molecule has 2 aromatic carbocycles. The van der Waals surface area contributed by atoms with Gasteiger partial charge in [-0.05, 0) is 47.9 Å². The summed E-state index contributed by atoms with van der Waals surface area (Å²) in [5.74, 6) is -0.595. The van der Waals surface area contributed by atoms with Gasteiger partial charge in [-0.1, -0.05) is 12.1 Å². The Bertz CT molecular complexity index is 876. The van der Waals surface area contributed by atoms with Gasteiger partial charge in [-0.3, -0.25) is 4.68 Å². The SMILES string of the molecule is Nc1ccc(NC(c2ccc(F)cc2)C(F)(F)F)cc1CCn1cncn1. The van der Waals surface area contributed by atoms with Crippen molar-refractivity contribution in [3.8, 4) is 0 Å². The molecule has 0 aliphatic carbocycles. The summed E-state index contributed by atoms with van der Waals surface area (Å²) >= 11 is 0. The predicted octanol–water partition coefficient (Wildman–Crippen LogP) is 3.96. The van der Waals surface area contributed by atoms with Gasteiger partial charge in [-0.15, -0.1) is 0 Å². The molecule has 0 radical (unpaired) electrons. The first kappa shape index (κ1) is 18.7. The molecule has 0 spiro atoms. The van der Waals surface area contributed by atoms with Crippen LogP contribution in [-0.2, 0) is 13.0 Å². The van der Waals surface area contributed by atoms with E-state index in [-0.39, 0.29) is 11.3 Å². The van der Waals surface area contributed by atoms with Crippen LogP contribution in [0.5, 0.6) is 0 Å². The van der Waals surface area contributed by atoms with Crippen molar-refractivity contribution < 1.29 is 17.6 Å². The Morgan fingerprint density at radius 2 is 1.85 bits per heavy atom. The van der Waals surface area contributed by atoms with Crippen molar-refractivity contribution in [3.63, 3.8) is 0 Å². The molecule has 3 rings (SSSR count). The molecular weight excluding hydrogens is 362 g/mol. The van der Waals surface area contributed by atoms with E-state index in [4.69, 9.17) is 5.73 Å². The highest BCUT2D eigenvalue weighted by Crippen LogP contribution is 2.36. The van der Waals surface area contributed by atoms with Crippen molar-refractivity contribution >= 4 is 11.4 Å². The van der Waals surface area contributed by atoms with Crippen LogP contribution in [0.25, 0.3) is 0 Å². The minimum Gasteiger partial charge on any atom is -0.399 e. The van der Waals surface area contributed by atoms with Gasteiger partial charge in [0, 0.05) is 17.9 Å². The number of aromatic nitrogens is 3. The first-order valence-corrected chi connectivity index (χ1v) is 8.12. The van der Waals surface area contributed by atoms with Crippen LogP contribution in [0.4, 0.5) is 28.9 Å². The minimum absolute atomic E-state index is 0.0788. The Morgan fingerprint density at radius 1 is 1.11 bits per heavy atom. The highest BCUT2D eigenvalue weighted by Gasteiger charge is 2.40. The van der Waals surface area contributed by atoms with Crippen LogP contribution in [0.3, 0.4) is 0 Å². The summed E-state index contributed by atoms with van der Waals surface area (Å²) in [4.78, 5) is 3.84. The maximum atomic E-state index is 13.5. The van der Waals surface area contributed by atoms with Gasteiger partial charge in [0.2, 0.25) is 0 Å².